The van der Waals surface area contributed by atoms with Crippen LogP contribution < -0.4 is 5.73 Å². The lowest BCUT2D eigenvalue weighted by molar-refractivity contribution is 0.689. The summed E-state index contributed by atoms with van der Waals surface area (Å²) in [5, 5.41) is 0.809. The summed E-state index contributed by atoms with van der Waals surface area (Å²) in [5.74, 6) is 0.272. The smallest absolute Gasteiger partial charge is 0.0441 e. The first-order chi connectivity index (χ1) is 9.13. The molecule has 0 radical (unpaired) electrons. The Morgan fingerprint density at radius 1 is 1.00 bits per heavy atom. The van der Waals surface area contributed by atoms with E-state index in [1.54, 1.807) is 0 Å². The lowest BCUT2D eigenvalue weighted by Crippen LogP contribution is -2.16. The van der Waals surface area contributed by atoms with Crippen LogP contribution in [0, 0.1) is 13.8 Å². The highest BCUT2D eigenvalue weighted by Crippen LogP contribution is 2.28. The summed E-state index contributed by atoms with van der Waals surface area (Å²) in [6, 6.07) is 14.4. The number of benzene rings is 2. The minimum Gasteiger partial charge on any atom is -0.330 e. The van der Waals surface area contributed by atoms with Crippen molar-refractivity contribution in [3.05, 3.63) is 69.7 Å². The van der Waals surface area contributed by atoms with Crippen LogP contribution in [0.3, 0.4) is 0 Å². The van der Waals surface area contributed by atoms with Crippen molar-refractivity contribution < 1.29 is 0 Å². The Balaban J connectivity index is 2.32. The molecule has 0 fully saturated rings. The molecular formula is C17H20ClN. The first kappa shape index (κ1) is 14.1. The number of rotatable bonds is 4. The van der Waals surface area contributed by atoms with Crippen LogP contribution in [0.4, 0.5) is 0 Å². The van der Waals surface area contributed by atoms with E-state index in [2.05, 4.69) is 38.1 Å². The molecule has 0 aliphatic heterocycles. The summed E-state index contributed by atoms with van der Waals surface area (Å²) in [5.41, 5.74) is 11.1. The fraction of sp³-hybridized carbons (Fsp3) is 0.294. The van der Waals surface area contributed by atoms with Gasteiger partial charge in [-0.05, 0) is 55.1 Å². The summed E-state index contributed by atoms with van der Waals surface area (Å²) < 4.78 is 0. The highest BCUT2D eigenvalue weighted by molar-refractivity contribution is 6.31. The number of halogens is 1. The van der Waals surface area contributed by atoms with E-state index in [-0.39, 0.29) is 5.92 Å². The maximum absolute atomic E-state index is 6.29. The Kier molecular flexibility index (Phi) is 4.62. The molecule has 2 aromatic carbocycles. The third-order valence-electron chi connectivity index (χ3n) is 3.72. The van der Waals surface area contributed by atoms with E-state index >= 15 is 0 Å². The van der Waals surface area contributed by atoms with Crippen molar-refractivity contribution in [2.75, 3.05) is 6.54 Å². The van der Waals surface area contributed by atoms with Gasteiger partial charge >= 0.3 is 0 Å². The van der Waals surface area contributed by atoms with E-state index in [4.69, 9.17) is 17.3 Å². The van der Waals surface area contributed by atoms with Crippen molar-refractivity contribution in [1.82, 2.24) is 0 Å². The van der Waals surface area contributed by atoms with Gasteiger partial charge in [0.2, 0.25) is 0 Å². The van der Waals surface area contributed by atoms with Crippen LogP contribution in [0.1, 0.15) is 28.2 Å². The molecule has 0 aromatic heterocycles. The zero-order chi connectivity index (χ0) is 13.8. The fourth-order valence-electron chi connectivity index (χ4n) is 2.54. The summed E-state index contributed by atoms with van der Waals surface area (Å²) in [6.07, 6.45) is 0.943. The van der Waals surface area contributed by atoms with E-state index in [0.29, 0.717) is 6.54 Å². The average Bonchev–Trinajstić information content (AvgIpc) is 2.40. The van der Waals surface area contributed by atoms with Gasteiger partial charge in [-0.25, -0.2) is 0 Å². The van der Waals surface area contributed by atoms with Gasteiger partial charge in [0.05, 0.1) is 0 Å². The van der Waals surface area contributed by atoms with Crippen molar-refractivity contribution in [2.24, 2.45) is 5.73 Å². The van der Waals surface area contributed by atoms with Crippen molar-refractivity contribution in [2.45, 2.75) is 26.2 Å². The van der Waals surface area contributed by atoms with Crippen molar-refractivity contribution in [3.8, 4) is 0 Å². The normalized spacial score (nSPS) is 12.4. The largest absolute Gasteiger partial charge is 0.330 e. The van der Waals surface area contributed by atoms with Gasteiger partial charge in [-0.1, -0.05) is 48.0 Å². The lowest BCUT2D eigenvalue weighted by Gasteiger charge is -2.19. The van der Waals surface area contributed by atoms with Crippen LogP contribution in [0.15, 0.2) is 42.5 Å². The number of hydrogen-bond acceptors (Lipinski definition) is 1. The fourth-order valence-corrected chi connectivity index (χ4v) is 2.83. The number of nitrogens with two attached hydrogens (primary N) is 1. The Hall–Kier alpha value is -1.31. The van der Waals surface area contributed by atoms with Crippen LogP contribution >= 0.6 is 11.6 Å². The first-order valence-corrected chi connectivity index (χ1v) is 7.01. The van der Waals surface area contributed by atoms with Gasteiger partial charge in [-0.3, -0.25) is 0 Å². The van der Waals surface area contributed by atoms with Crippen molar-refractivity contribution in [1.29, 1.82) is 0 Å². The molecule has 1 nitrogen and oxygen atoms in total. The molecule has 0 spiro atoms. The van der Waals surface area contributed by atoms with Gasteiger partial charge in [-0.2, -0.15) is 0 Å². The van der Waals surface area contributed by atoms with Crippen LogP contribution in [-0.4, -0.2) is 6.54 Å². The van der Waals surface area contributed by atoms with Crippen LogP contribution in [0.5, 0.6) is 0 Å². The van der Waals surface area contributed by atoms with Gasteiger partial charge < -0.3 is 5.73 Å². The van der Waals surface area contributed by atoms with Crippen LogP contribution in [0.25, 0.3) is 0 Å². The molecule has 0 aliphatic carbocycles. The molecule has 2 aromatic rings. The molecule has 0 heterocycles. The molecule has 1 unspecified atom stereocenters. The molecular weight excluding hydrogens is 254 g/mol. The minimum absolute atomic E-state index is 0.272. The predicted octanol–water partition coefficient (Wildman–Crippen LogP) is 4.24. The Labute approximate surface area is 120 Å². The molecule has 2 rings (SSSR count). The highest BCUT2D eigenvalue weighted by Gasteiger charge is 2.15. The molecule has 0 bridgehead atoms. The lowest BCUT2D eigenvalue weighted by atomic mass is 9.88. The third-order valence-corrected chi connectivity index (χ3v) is 4.07. The maximum atomic E-state index is 6.29. The van der Waals surface area contributed by atoms with E-state index in [9.17, 15) is 0 Å². The molecule has 0 aliphatic rings. The van der Waals surface area contributed by atoms with Crippen molar-refractivity contribution in [3.63, 3.8) is 0 Å². The zero-order valence-corrected chi connectivity index (χ0v) is 12.2. The highest BCUT2D eigenvalue weighted by atomic mass is 35.5. The van der Waals surface area contributed by atoms with Crippen LogP contribution in [-0.2, 0) is 6.42 Å². The van der Waals surface area contributed by atoms with E-state index in [1.807, 2.05) is 18.2 Å². The quantitative estimate of drug-likeness (QED) is 0.886. The predicted molar refractivity (Wildman–Crippen MR) is 82.9 cm³/mol. The molecule has 0 saturated heterocycles. The Bertz CT molecular complexity index is 543. The third kappa shape index (κ3) is 3.17. The van der Waals surface area contributed by atoms with E-state index < -0.39 is 0 Å². The minimum atomic E-state index is 0.272. The second kappa shape index (κ2) is 6.23. The Morgan fingerprint density at radius 2 is 1.63 bits per heavy atom. The molecule has 2 heteroatoms. The second-order valence-corrected chi connectivity index (χ2v) is 5.44. The summed E-state index contributed by atoms with van der Waals surface area (Å²) in [6.45, 7) is 4.92. The maximum Gasteiger partial charge on any atom is 0.0441 e. The van der Waals surface area contributed by atoms with Gasteiger partial charge in [0.1, 0.15) is 0 Å². The molecule has 0 amide bonds. The van der Waals surface area contributed by atoms with E-state index in [0.717, 1.165) is 17.0 Å². The molecule has 19 heavy (non-hydrogen) atoms. The molecule has 0 saturated carbocycles. The zero-order valence-electron chi connectivity index (χ0n) is 11.5. The van der Waals surface area contributed by atoms with Crippen LogP contribution in [0.2, 0.25) is 5.02 Å². The Morgan fingerprint density at radius 3 is 2.21 bits per heavy atom. The number of aryl methyl sites for hydroxylation is 2. The molecule has 100 valence electrons. The van der Waals surface area contributed by atoms with Gasteiger partial charge in [0, 0.05) is 10.9 Å². The monoisotopic (exact) mass is 273 g/mol. The van der Waals surface area contributed by atoms with Gasteiger partial charge in [0.25, 0.3) is 0 Å². The van der Waals surface area contributed by atoms with Gasteiger partial charge in [0.15, 0.2) is 0 Å². The number of hydrogen-bond donors (Lipinski definition) is 1. The summed E-state index contributed by atoms with van der Waals surface area (Å²) >= 11 is 6.29. The molecule has 2 N–H and O–H groups in total. The topological polar surface area (TPSA) is 26.0 Å². The second-order valence-electron chi connectivity index (χ2n) is 5.03. The van der Waals surface area contributed by atoms with Gasteiger partial charge in [-0.15, -0.1) is 0 Å². The van der Waals surface area contributed by atoms with E-state index in [1.165, 1.54) is 16.7 Å². The SMILES string of the molecule is Cc1cccc(C)c1CC(CN)c1ccccc1Cl. The van der Waals surface area contributed by atoms with Crippen molar-refractivity contribution >= 4 is 11.6 Å². The summed E-state index contributed by atoms with van der Waals surface area (Å²) in [4.78, 5) is 0. The average molecular weight is 274 g/mol. The standard InChI is InChI=1S/C17H20ClN/c1-12-6-5-7-13(2)16(12)10-14(11-19)15-8-3-4-9-17(15)18/h3-9,14H,10-11,19H2,1-2H3. The molecule has 1 atom stereocenters. The first-order valence-electron chi connectivity index (χ1n) is 6.63. The summed E-state index contributed by atoms with van der Waals surface area (Å²) in [7, 11) is 0.